The molecule has 2 aromatic heterocycles. The fraction of sp³-hybridized carbons (Fsp3) is 0.643. The maximum Gasteiger partial charge on any atom is 0.174 e. The summed E-state index contributed by atoms with van der Waals surface area (Å²) < 4.78 is 2.11. The molecular formula is C14H22N6O. The number of imidazole rings is 1. The van der Waals surface area contributed by atoms with E-state index in [9.17, 15) is 5.11 Å². The number of hydrogen-bond donors (Lipinski definition) is 2. The lowest BCUT2D eigenvalue weighted by Crippen LogP contribution is -2.31. The number of nitrogens with zero attached hydrogens (tertiary/aromatic N) is 5. The first-order valence-corrected chi connectivity index (χ1v) is 7.40. The summed E-state index contributed by atoms with van der Waals surface area (Å²) in [5.74, 6) is 1.84. The van der Waals surface area contributed by atoms with Crippen molar-refractivity contribution in [2.75, 3.05) is 25.7 Å². The lowest BCUT2D eigenvalue weighted by molar-refractivity contribution is 0.225. The quantitative estimate of drug-likeness (QED) is 0.793. The highest BCUT2D eigenvalue weighted by atomic mass is 16.3. The first-order valence-electron chi connectivity index (χ1n) is 7.40. The summed E-state index contributed by atoms with van der Waals surface area (Å²) >= 11 is 0. The molecular weight excluding hydrogens is 268 g/mol. The van der Waals surface area contributed by atoms with E-state index in [-0.39, 0.29) is 0 Å². The molecule has 0 bridgehead atoms. The van der Waals surface area contributed by atoms with Crippen LogP contribution in [0.5, 0.6) is 0 Å². The van der Waals surface area contributed by atoms with Crippen LogP contribution in [0, 0.1) is 11.8 Å². The van der Waals surface area contributed by atoms with Gasteiger partial charge in [-0.15, -0.1) is 0 Å². The molecule has 1 aliphatic carbocycles. The van der Waals surface area contributed by atoms with Gasteiger partial charge < -0.3 is 9.67 Å². The van der Waals surface area contributed by atoms with E-state index < -0.39 is 0 Å². The second-order valence-electron chi connectivity index (χ2n) is 5.78. The summed E-state index contributed by atoms with van der Waals surface area (Å²) in [5, 5.41) is 11.1. The van der Waals surface area contributed by atoms with Crippen LogP contribution in [0.2, 0.25) is 0 Å². The van der Waals surface area contributed by atoms with E-state index in [1.54, 1.807) is 6.33 Å². The summed E-state index contributed by atoms with van der Waals surface area (Å²) in [5.41, 5.74) is 4.72. The Balaban J connectivity index is 1.84. The lowest BCUT2D eigenvalue weighted by atomic mass is 10.1. The van der Waals surface area contributed by atoms with Gasteiger partial charge >= 0.3 is 0 Å². The molecule has 7 nitrogen and oxygen atoms in total. The van der Waals surface area contributed by atoms with Crippen LogP contribution in [0.15, 0.2) is 12.7 Å². The smallest absolute Gasteiger partial charge is 0.174 e. The number of aliphatic hydroxyl groups is 1. The van der Waals surface area contributed by atoms with Crippen molar-refractivity contribution in [3.05, 3.63) is 12.7 Å². The highest BCUT2D eigenvalue weighted by molar-refractivity contribution is 5.82. The third-order valence-corrected chi connectivity index (χ3v) is 4.40. The third-order valence-electron chi connectivity index (χ3n) is 4.40. The maximum atomic E-state index is 9.25. The van der Waals surface area contributed by atoms with Crippen molar-refractivity contribution in [1.29, 1.82) is 0 Å². The van der Waals surface area contributed by atoms with Crippen LogP contribution in [0.4, 0.5) is 5.82 Å². The maximum absolute atomic E-state index is 9.25. The van der Waals surface area contributed by atoms with Gasteiger partial charge in [0.1, 0.15) is 6.33 Å². The number of nitrogens with one attached hydrogen (secondary N) is 1. The molecule has 114 valence electrons. The molecule has 2 aromatic rings. The SMILES string of the molecule is CNN(C)c1ncnc2c1ncn2C[C@@H]1CC[C@H](CO)C1. The minimum atomic E-state index is 0.306. The van der Waals surface area contributed by atoms with Gasteiger partial charge in [-0.3, -0.25) is 5.01 Å². The largest absolute Gasteiger partial charge is 0.396 e. The number of fused-ring (bicyclic) bond motifs is 1. The Labute approximate surface area is 124 Å². The summed E-state index contributed by atoms with van der Waals surface area (Å²) in [6, 6.07) is 0. The van der Waals surface area contributed by atoms with E-state index in [4.69, 9.17) is 0 Å². The van der Waals surface area contributed by atoms with Crippen LogP contribution >= 0.6 is 0 Å². The number of aliphatic hydroxyl groups excluding tert-OH is 1. The summed E-state index contributed by atoms with van der Waals surface area (Å²) in [4.78, 5) is 13.2. The van der Waals surface area contributed by atoms with Gasteiger partial charge in [0.2, 0.25) is 0 Å². The minimum Gasteiger partial charge on any atom is -0.396 e. The topological polar surface area (TPSA) is 79.1 Å². The molecule has 0 spiro atoms. The molecule has 0 aliphatic heterocycles. The van der Waals surface area contributed by atoms with Gasteiger partial charge in [-0.05, 0) is 31.1 Å². The number of rotatable bonds is 5. The van der Waals surface area contributed by atoms with Gasteiger partial charge in [-0.25, -0.2) is 20.4 Å². The number of aromatic nitrogens is 4. The van der Waals surface area contributed by atoms with Crippen LogP contribution in [0.1, 0.15) is 19.3 Å². The van der Waals surface area contributed by atoms with Crippen molar-refractivity contribution in [3.63, 3.8) is 0 Å². The minimum absolute atomic E-state index is 0.306. The molecule has 0 unspecified atom stereocenters. The third kappa shape index (κ3) is 2.71. The highest BCUT2D eigenvalue weighted by Gasteiger charge is 2.25. The van der Waals surface area contributed by atoms with Crippen LogP contribution in [-0.2, 0) is 6.54 Å². The van der Waals surface area contributed by atoms with Gasteiger partial charge in [0, 0.05) is 27.2 Å². The molecule has 2 N–H and O–H groups in total. The zero-order valence-corrected chi connectivity index (χ0v) is 12.5. The number of anilines is 1. The highest BCUT2D eigenvalue weighted by Crippen LogP contribution is 2.32. The van der Waals surface area contributed by atoms with E-state index >= 15 is 0 Å². The van der Waals surface area contributed by atoms with E-state index in [0.29, 0.717) is 18.4 Å². The van der Waals surface area contributed by atoms with Crippen molar-refractivity contribution >= 4 is 17.0 Å². The van der Waals surface area contributed by atoms with Crippen molar-refractivity contribution in [3.8, 4) is 0 Å². The van der Waals surface area contributed by atoms with Gasteiger partial charge in [0.15, 0.2) is 17.0 Å². The van der Waals surface area contributed by atoms with Gasteiger partial charge in [-0.1, -0.05) is 0 Å². The van der Waals surface area contributed by atoms with Gasteiger partial charge in [0.05, 0.1) is 6.33 Å². The van der Waals surface area contributed by atoms with Gasteiger partial charge in [0.25, 0.3) is 0 Å². The van der Waals surface area contributed by atoms with Crippen molar-refractivity contribution in [1.82, 2.24) is 24.9 Å². The fourth-order valence-corrected chi connectivity index (χ4v) is 3.14. The van der Waals surface area contributed by atoms with Crippen LogP contribution in [-0.4, -0.2) is 45.3 Å². The standard InChI is InChI=1S/C14H22N6O/c1-15-19(2)13-12-14(17-8-16-13)20(9-18-12)6-10-3-4-11(5-10)7-21/h8-11,15,21H,3-7H2,1-2H3/t10-,11+/m1/s1. The number of hydrazine groups is 1. The van der Waals surface area contributed by atoms with E-state index in [0.717, 1.165) is 36.4 Å². The molecule has 0 amide bonds. The summed E-state index contributed by atoms with van der Waals surface area (Å²) in [7, 11) is 3.75. The lowest BCUT2D eigenvalue weighted by Gasteiger charge is -2.16. The molecule has 21 heavy (non-hydrogen) atoms. The molecule has 1 fully saturated rings. The zero-order valence-electron chi connectivity index (χ0n) is 12.5. The van der Waals surface area contributed by atoms with E-state index in [1.165, 1.54) is 6.42 Å². The fourth-order valence-electron chi connectivity index (χ4n) is 3.14. The molecule has 0 radical (unpaired) electrons. The van der Waals surface area contributed by atoms with Crippen molar-refractivity contribution in [2.45, 2.75) is 25.8 Å². The first kappa shape index (κ1) is 14.2. The first-order chi connectivity index (χ1) is 10.2. The molecule has 3 rings (SSSR count). The molecule has 0 aromatic carbocycles. The Morgan fingerprint density at radius 3 is 2.86 bits per heavy atom. The average molecular weight is 290 g/mol. The second kappa shape index (κ2) is 5.95. The molecule has 2 atom stereocenters. The molecule has 0 saturated heterocycles. The number of hydrogen-bond acceptors (Lipinski definition) is 6. The Morgan fingerprint density at radius 1 is 1.33 bits per heavy atom. The van der Waals surface area contributed by atoms with Crippen LogP contribution in [0.3, 0.4) is 0 Å². The predicted molar refractivity (Wildman–Crippen MR) is 80.7 cm³/mol. The zero-order chi connectivity index (χ0) is 14.8. The molecule has 7 heteroatoms. The molecule has 1 saturated carbocycles. The monoisotopic (exact) mass is 290 g/mol. The van der Waals surface area contributed by atoms with Crippen molar-refractivity contribution < 1.29 is 5.11 Å². The predicted octanol–water partition coefficient (Wildman–Crippen LogP) is 0.805. The summed E-state index contributed by atoms with van der Waals surface area (Å²) in [6.45, 7) is 1.22. The molecule has 2 heterocycles. The summed E-state index contributed by atoms with van der Waals surface area (Å²) in [6.07, 6.45) is 6.80. The Hall–Kier alpha value is -1.73. The van der Waals surface area contributed by atoms with Crippen molar-refractivity contribution in [2.24, 2.45) is 11.8 Å². The van der Waals surface area contributed by atoms with E-state index in [1.807, 2.05) is 25.4 Å². The van der Waals surface area contributed by atoms with E-state index in [2.05, 4.69) is 24.9 Å². The van der Waals surface area contributed by atoms with Crippen LogP contribution < -0.4 is 10.4 Å². The Kier molecular flexibility index (Phi) is 4.03. The van der Waals surface area contributed by atoms with Crippen LogP contribution in [0.25, 0.3) is 11.2 Å². The average Bonchev–Trinajstić information content (AvgIpc) is 3.14. The Morgan fingerprint density at radius 2 is 2.14 bits per heavy atom. The Bertz CT molecular complexity index is 613. The molecule has 1 aliphatic rings. The normalized spacial score (nSPS) is 22.0. The van der Waals surface area contributed by atoms with Gasteiger partial charge in [-0.2, -0.15) is 0 Å². The second-order valence-corrected chi connectivity index (χ2v) is 5.78.